The minimum Gasteiger partial charge on any atom is -0.369 e. The van der Waals surface area contributed by atoms with Gasteiger partial charge in [0.05, 0.1) is 11.7 Å². The van der Waals surface area contributed by atoms with Crippen LogP contribution < -0.4 is 16.2 Å². The van der Waals surface area contributed by atoms with Crippen molar-refractivity contribution in [2.24, 2.45) is 5.84 Å². The molecule has 1 aromatic heterocycles. The average Bonchev–Trinajstić information content (AvgIpc) is 2.38. The zero-order chi connectivity index (χ0) is 15.6. The van der Waals surface area contributed by atoms with Gasteiger partial charge in [-0.1, -0.05) is 6.92 Å². The molecule has 0 bridgehead atoms. The van der Waals surface area contributed by atoms with Crippen molar-refractivity contribution < 1.29 is 4.74 Å². The molecule has 21 heavy (non-hydrogen) atoms. The second-order valence-corrected chi connectivity index (χ2v) is 6.40. The predicted octanol–water partition coefficient (Wildman–Crippen LogP) is 2.03. The Kier molecular flexibility index (Phi) is 4.68. The van der Waals surface area contributed by atoms with Crippen LogP contribution >= 0.6 is 0 Å². The monoisotopic (exact) mass is 293 g/mol. The number of nitrogens with zero attached hydrogens (tertiary/aromatic N) is 3. The number of hydrogen-bond donors (Lipinski definition) is 2. The Morgan fingerprint density at radius 1 is 1.43 bits per heavy atom. The van der Waals surface area contributed by atoms with Gasteiger partial charge in [-0.15, -0.1) is 0 Å². The minimum absolute atomic E-state index is 0.173. The van der Waals surface area contributed by atoms with Crippen LogP contribution in [0.3, 0.4) is 0 Å². The van der Waals surface area contributed by atoms with Gasteiger partial charge in [0.15, 0.2) is 0 Å². The molecule has 118 valence electrons. The lowest BCUT2D eigenvalue weighted by Gasteiger charge is -2.42. The van der Waals surface area contributed by atoms with E-state index in [1.54, 1.807) is 0 Å². The highest BCUT2D eigenvalue weighted by atomic mass is 16.5. The molecule has 1 saturated heterocycles. The molecule has 1 aliphatic rings. The van der Waals surface area contributed by atoms with Gasteiger partial charge in [0.25, 0.3) is 0 Å². The molecule has 0 aliphatic carbocycles. The minimum atomic E-state index is -0.184. The summed E-state index contributed by atoms with van der Waals surface area (Å²) in [5.74, 6) is 8.12. The zero-order valence-electron chi connectivity index (χ0n) is 13.7. The van der Waals surface area contributed by atoms with Crippen molar-refractivity contribution in [2.75, 3.05) is 23.4 Å². The number of nitrogens with one attached hydrogen (secondary N) is 1. The topological polar surface area (TPSA) is 76.3 Å². The fraction of sp³-hybridized carbons (Fsp3) is 0.733. The second-order valence-electron chi connectivity index (χ2n) is 6.40. The number of hydrogen-bond acceptors (Lipinski definition) is 6. The quantitative estimate of drug-likeness (QED) is 0.653. The third-order valence-electron chi connectivity index (χ3n) is 3.65. The van der Waals surface area contributed by atoms with Crippen LogP contribution in [0.5, 0.6) is 0 Å². The third kappa shape index (κ3) is 3.63. The summed E-state index contributed by atoms with van der Waals surface area (Å²) in [4.78, 5) is 11.5. The van der Waals surface area contributed by atoms with E-state index in [9.17, 15) is 0 Å². The molecule has 1 aromatic rings. The number of aromatic nitrogens is 2. The van der Waals surface area contributed by atoms with Gasteiger partial charge in [0.2, 0.25) is 0 Å². The van der Waals surface area contributed by atoms with Crippen LogP contribution in [0.2, 0.25) is 0 Å². The first-order valence-electron chi connectivity index (χ1n) is 7.63. The summed E-state index contributed by atoms with van der Waals surface area (Å²) in [6, 6.07) is 0. The molecule has 2 rings (SSSR count). The van der Waals surface area contributed by atoms with E-state index in [-0.39, 0.29) is 11.7 Å². The number of aryl methyl sites for hydroxylation is 1. The number of hydrazine groups is 1. The lowest BCUT2D eigenvalue weighted by Crippen LogP contribution is -2.52. The lowest BCUT2D eigenvalue weighted by atomic mass is 10.0. The van der Waals surface area contributed by atoms with Crippen LogP contribution in [-0.2, 0) is 11.2 Å². The highest BCUT2D eigenvalue weighted by molar-refractivity contribution is 5.58. The Morgan fingerprint density at radius 2 is 2.14 bits per heavy atom. The number of morpholine rings is 1. The summed E-state index contributed by atoms with van der Waals surface area (Å²) < 4.78 is 5.97. The van der Waals surface area contributed by atoms with Crippen molar-refractivity contribution in [1.82, 2.24) is 9.97 Å². The van der Waals surface area contributed by atoms with Gasteiger partial charge in [-0.3, -0.25) is 0 Å². The third-order valence-corrected chi connectivity index (χ3v) is 3.65. The normalized spacial score (nSPS) is 21.4. The van der Waals surface area contributed by atoms with E-state index in [1.807, 2.05) is 6.92 Å². The molecule has 0 saturated carbocycles. The van der Waals surface area contributed by atoms with Crippen LogP contribution in [0.1, 0.15) is 45.5 Å². The maximum Gasteiger partial charge on any atom is 0.148 e. The second kappa shape index (κ2) is 6.15. The lowest BCUT2D eigenvalue weighted by molar-refractivity contribution is -0.0752. The first kappa shape index (κ1) is 16.0. The van der Waals surface area contributed by atoms with Crippen molar-refractivity contribution in [3.05, 3.63) is 11.4 Å². The fourth-order valence-electron chi connectivity index (χ4n) is 2.95. The standard InChI is InChI=1S/C15H27N5O/c1-6-7-12-17-13(19-16)11(3)14(18-12)20-8-10(2)21-15(4,5)9-20/h10H,6-9,16H2,1-5H3,(H,17,18,19). The van der Waals surface area contributed by atoms with Crippen LogP contribution in [0.4, 0.5) is 11.6 Å². The van der Waals surface area contributed by atoms with Crippen molar-refractivity contribution in [2.45, 2.75) is 59.2 Å². The summed E-state index contributed by atoms with van der Waals surface area (Å²) in [5, 5.41) is 0. The van der Waals surface area contributed by atoms with Crippen molar-refractivity contribution in [3.8, 4) is 0 Å². The van der Waals surface area contributed by atoms with Gasteiger partial charge < -0.3 is 15.1 Å². The van der Waals surface area contributed by atoms with E-state index < -0.39 is 0 Å². The van der Waals surface area contributed by atoms with E-state index in [4.69, 9.17) is 15.6 Å². The average molecular weight is 293 g/mol. The van der Waals surface area contributed by atoms with Crippen LogP contribution in [0.25, 0.3) is 0 Å². The molecular weight excluding hydrogens is 266 g/mol. The summed E-state index contributed by atoms with van der Waals surface area (Å²) in [5.41, 5.74) is 3.50. The van der Waals surface area contributed by atoms with Gasteiger partial charge in [-0.2, -0.15) is 0 Å². The zero-order valence-corrected chi connectivity index (χ0v) is 13.7. The van der Waals surface area contributed by atoms with Gasteiger partial charge >= 0.3 is 0 Å². The Balaban J connectivity index is 2.39. The van der Waals surface area contributed by atoms with Gasteiger partial charge in [0.1, 0.15) is 17.5 Å². The number of ether oxygens (including phenoxy) is 1. The molecule has 0 aromatic carbocycles. The smallest absolute Gasteiger partial charge is 0.148 e. The Hall–Kier alpha value is -1.40. The van der Waals surface area contributed by atoms with Gasteiger partial charge in [0, 0.05) is 25.1 Å². The molecule has 6 heteroatoms. The fourth-order valence-corrected chi connectivity index (χ4v) is 2.95. The van der Waals surface area contributed by atoms with E-state index >= 15 is 0 Å². The van der Waals surface area contributed by atoms with E-state index in [2.05, 4.69) is 43.0 Å². The Morgan fingerprint density at radius 3 is 2.71 bits per heavy atom. The summed E-state index contributed by atoms with van der Waals surface area (Å²) in [6.45, 7) is 12.1. The highest BCUT2D eigenvalue weighted by Crippen LogP contribution is 2.29. The first-order valence-corrected chi connectivity index (χ1v) is 7.63. The molecule has 1 unspecified atom stereocenters. The number of anilines is 2. The number of rotatable bonds is 4. The van der Waals surface area contributed by atoms with E-state index in [0.717, 1.165) is 43.1 Å². The number of nitrogens with two attached hydrogens (primary N) is 1. The van der Waals surface area contributed by atoms with E-state index in [0.29, 0.717) is 5.82 Å². The maximum atomic E-state index is 5.97. The first-order chi connectivity index (χ1) is 9.86. The molecule has 0 radical (unpaired) electrons. The molecule has 1 atom stereocenters. The molecule has 3 N–H and O–H groups in total. The van der Waals surface area contributed by atoms with Crippen LogP contribution in [0, 0.1) is 6.92 Å². The summed E-state index contributed by atoms with van der Waals surface area (Å²) in [6.07, 6.45) is 2.04. The predicted molar refractivity (Wildman–Crippen MR) is 85.4 cm³/mol. The molecule has 1 fully saturated rings. The Bertz CT molecular complexity index is 503. The largest absolute Gasteiger partial charge is 0.369 e. The summed E-state index contributed by atoms with van der Waals surface area (Å²) in [7, 11) is 0. The molecule has 1 aliphatic heterocycles. The molecule has 6 nitrogen and oxygen atoms in total. The molecule has 0 spiro atoms. The molecule has 2 heterocycles. The van der Waals surface area contributed by atoms with Crippen molar-refractivity contribution in [3.63, 3.8) is 0 Å². The molecule has 0 amide bonds. The SMILES string of the molecule is CCCc1nc(NN)c(C)c(N2CC(C)OC(C)(C)C2)n1. The van der Waals surface area contributed by atoms with Gasteiger partial charge in [-0.25, -0.2) is 15.8 Å². The maximum absolute atomic E-state index is 5.97. The van der Waals surface area contributed by atoms with Crippen LogP contribution in [-0.4, -0.2) is 34.8 Å². The van der Waals surface area contributed by atoms with E-state index in [1.165, 1.54) is 0 Å². The van der Waals surface area contributed by atoms with Gasteiger partial charge in [-0.05, 0) is 34.1 Å². The summed E-state index contributed by atoms with van der Waals surface area (Å²) >= 11 is 0. The highest BCUT2D eigenvalue weighted by Gasteiger charge is 2.33. The number of nitrogen functional groups attached to an aromatic ring is 1. The van der Waals surface area contributed by atoms with Crippen molar-refractivity contribution >= 4 is 11.6 Å². The Labute approximate surface area is 127 Å². The molecular formula is C15H27N5O. The van der Waals surface area contributed by atoms with Crippen LogP contribution in [0.15, 0.2) is 0 Å². The van der Waals surface area contributed by atoms with Crippen molar-refractivity contribution in [1.29, 1.82) is 0 Å².